The Balaban J connectivity index is 2.24. The van der Waals surface area contributed by atoms with Crippen molar-refractivity contribution in [2.24, 2.45) is 0 Å². The summed E-state index contributed by atoms with van der Waals surface area (Å²) < 4.78 is 8.06. The molecule has 12 heteroatoms. The fourth-order valence-electron chi connectivity index (χ4n) is 3.14. The van der Waals surface area contributed by atoms with Crippen LogP contribution in [0.3, 0.4) is 0 Å². The van der Waals surface area contributed by atoms with Crippen molar-refractivity contribution in [2.75, 3.05) is 6.61 Å². The van der Waals surface area contributed by atoms with Crippen molar-refractivity contribution in [2.45, 2.75) is 26.9 Å². The monoisotopic (exact) mass is 465 g/mol. The summed E-state index contributed by atoms with van der Waals surface area (Å²) in [6.45, 7) is 3.94. The molecular weight excluding hydrogens is 449 g/mol. The van der Waals surface area contributed by atoms with Crippen LogP contribution < -0.4 is 5.43 Å². The molecule has 0 atom stereocenters. The van der Waals surface area contributed by atoms with Crippen LogP contribution in [0.2, 0.25) is 10.0 Å². The van der Waals surface area contributed by atoms with Crippen molar-refractivity contribution in [3.05, 3.63) is 72.2 Å². The van der Waals surface area contributed by atoms with Crippen molar-refractivity contribution in [1.82, 2.24) is 19.3 Å². The van der Waals surface area contributed by atoms with Gasteiger partial charge in [-0.25, -0.2) is 4.79 Å². The molecule has 0 unspecified atom stereocenters. The molecule has 0 saturated heterocycles. The van der Waals surface area contributed by atoms with E-state index >= 15 is 0 Å². The van der Waals surface area contributed by atoms with Gasteiger partial charge in [-0.15, -0.1) is 0 Å². The van der Waals surface area contributed by atoms with Gasteiger partial charge in [-0.05, 0) is 30.9 Å². The highest BCUT2D eigenvalue weighted by Gasteiger charge is 2.24. The van der Waals surface area contributed by atoms with E-state index in [0.29, 0.717) is 28.5 Å². The van der Waals surface area contributed by atoms with Gasteiger partial charge in [0.2, 0.25) is 6.33 Å². The van der Waals surface area contributed by atoms with E-state index in [1.54, 1.807) is 29.7 Å². The molecule has 31 heavy (non-hydrogen) atoms. The van der Waals surface area contributed by atoms with Gasteiger partial charge in [0.15, 0.2) is 5.43 Å². The van der Waals surface area contributed by atoms with Gasteiger partial charge in [-0.2, -0.15) is 4.68 Å². The number of halogens is 2. The number of ether oxygens (including phenoxy) is 1. The molecule has 0 saturated carbocycles. The minimum atomic E-state index is -0.765. The number of aromatic nitrogens is 4. The number of benzene rings is 1. The van der Waals surface area contributed by atoms with Gasteiger partial charge in [0.1, 0.15) is 5.56 Å². The number of esters is 1. The van der Waals surface area contributed by atoms with E-state index in [9.17, 15) is 19.7 Å². The van der Waals surface area contributed by atoms with Gasteiger partial charge in [-0.3, -0.25) is 4.79 Å². The summed E-state index contributed by atoms with van der Waals surface area (Å²) >= 11 is 12.2. The number of nitrogens with zero attached hydrogens (tertiary/aromatic N) is 5. The van der Waals surface area contributed by atoms with Crippen LogP contribution >= 0.6 is 23.2 Å². The lowest BCUT2D eigenvalue weighted by atomic mass is 10.0. The highest BCUT2D eigenvalue weighted by atomic mass is 35.5. The number of carbonyl (C=O) groups is 1. The van der Waals surface area contributed by atoms with E-state index in [2.05, 4.69) is 10.1 Å². The molecule has 0 aliphatic rings. The predicted molar refractivity (Wildman–Crippen MR) is 114 cm³/mol. The van der Waals surface area contributed by atoms with Crippen LogP contribution in [0.25, 0.3) is 11.3 Å². The Labute approximate surface area is 186 Å². The highest BCUT2D eigenvalue weighted by molar-refractivity contribution is 6.42. The number of rotatable bonds is 7. The maximum atomic E-state index is 12.9. The first-order chi connectivity index (χ1) is 14.8. The SMILES string of the molecule is CCOC(=O)c1c(-c2ccc(Cl)c(Cl)c2)n(CC)c(Cn2cnc([N+](=O)[O-])n2)cc1=O. The molecule has 0 aliphatic heterocycles. The fourth-order valence-corrected chi connectivity index (χ4v) is 3.44. The summed E-state index contributed by atoms with van der Waals surface area (Å²) in [4.78, 5) is 39.3. The number of hydrogen-bond donors (Lipinski definition) is 0. The van der Waals surface area contributed by atoms with Crippen LogP contribution in [-0.4, -0.2) is 36.8 Å². The third-order valence-corrected chi connectivity index (χ3v) is 5.14. The number of carbonyl (C=O) groups excluding carboxylic acids is 1. The zero-order valence-corrected chi connectivity index (χ0v) is 18.1. The summed E-state index contributed by atoms with van der Waals surface area (Å²) in [6.07, 6.45) is 1.20. The molecule has 1 aromatic carbocycles. The van der Waals surface area contributed by atoms with Crippen molar-refractivity contribution in [1.29, 1.82) is 0 Å². The van der Waals surface area contributed by atoms with Crippen molar-refractivity contribution < 1.29 is 14.5 Å². The Morgan fingerprint density at radius 3 is 2.55 bits per heavy atom. The van der Waals surface area contributed by atoms with E-state index in [-0.39, 0.29) is 23.7 Å². The second-order valence-corrected chi connectivity index (χ2v) is 7.13. The third kappa shape index (κ3) is 4.59. The van der Waals surface area contributed by atoms with Gasteiger partial charge < -0.3 is 19.4 Å². The smallest absolute Gasteiger partial charge is 0.462 e. The summed E-state index contributed by atoms with van der Waals surface area (Å²) in [5, 5.41) is 15.2. The molecule has 0 amide bonds. The van der Waals surface area contributed by atoms with E-state index in [1.807, 2.05) is 6.92 Å². The topological polar surface area (TPSA) is 122 Å². The average Bonchev–Trinajstić information content (AvgIpc) is 3.18. The second-order valence-electron chi connectivity index (χ2n) is 6.32. The Bertz CT molecular complexity index is 1220. The average molecular weight is 466 g/mol. The van der Waals surface area contributed by atoms with Crippen LogP contribution in [0, 0.1) is 10.1 Å². The highest BCUT2D eigenvalue weighted by Crippen LogP contribution is 2.31. The van der Waals surface area contributed by atoms with Gasteiger partial charge in [-0.1, -0.05) is 34.3 Å². The fraction of sp³-hybridized carbons (Fsp3) is 0.263. The lowest BCUT2D eigenvalue weighted by Crippen LogP contribution is -2.25. The second kappa shape index (κ2) is 9.27. The van der Waals surface area contributed by atoms with Crippen LogP contribution in [0.1, 0.15) is 29.9 Å². The summed E-state index contributed by atoms with van der Waals surface area (Å²) in [5.74, 6) is -1.32. The van der Waals surface area contributed by atoms with E-state index < -0.39 is 22.3 Å². The molecule has 0 fully saturated rings. The van der Waals surface area contributed by atoms with Crippen molar-refractivity contribution in [3.63, 3.8) is 0 Å². The molecule has 162 valence electrons. The Hall–Kier alpha value is -3.24. The van der Waals surface area contributed by atoms with Gasteiger partial charge in [0.25, 0.3) is 0 Å². The Morgan fingerprint density at radius 2 is 1.97 bits per heavy atom. The zero-order chi connectivity index (χ0) is 22.7. The summed E-state index contributed by atoms with van der Waals surface area (Å²) in [7, 11) is 0. The first kappa shape index (κ1) is 22.4. The minimum Gasteiger partial charge on any atom is -0.462 e. The van der Waals surface area contributed by atoms with E-state index in [1.165, 1.54) is 17.1 Å². The van der Waals surface area contributed by atoms with Crippen LogP contribution in [0.15, 0.2) is 35.4 Å². The molecule has 2 heterocycles. The molecule has 0 bridgehead atoms. The third-order valence-electron chi connectivity index (χ3n) is 4.40. The van der Waals surface area contributed by atoms with E-state index in [0.717, 1.165) is 0 Å². The Morgan fingerprint density at radius 1 is 1.23 bits per heavy atom. The normalized spacial score (nSPS) is 10.8. The van der Waals surface area contributed by atoms with Crippen LogP contribution in [0.4, 0.5) is 5.95 Å². The maximum Gasteiger partial charge on any atom is 0.490 e. The van der Waals surface area contributed by atoms with Crippen molar-refractivity contribution in [3.8, 4) is 11.3 Å². The standard InChI is InChI=1S/C19H17Cl2N5O5/c1-3-25-12(9-24-10-22-19(23-24)26(29)30)8-15(27)16(18(28)31-4-2)17(25)11-5-6-13(20)14(21)7-11/h5-8,10H,3-4,9H2,1-2H3. The summed E-state index contributed by atoms with van der Waals surface area (Å²) in [6, 6.07) is 6.04. The van der Waals surface area contributed by atoms with Crippen LogP contribution in [-0.2, 0) is 17.8 Å². The molecule has 0 aliphatic carbocycles. The molecule has 0 N–H and O–H groups in total. The van der Waals surface area contributed by atoms with Gasteiger partial charge >= 0.3 is 11.9 Å². The largest absolute Gasteiger partial charge is 0.490 e. The first-order valence-corrected chi connectivity index (χ1v) is 9.95. The molecule has 0 radical (unpaired) electrons. The van der Waals surface area contributed by atoms with E-state index in [4.69, 9.17) is 27.9 Å². The number of nitro groups is 1. The van der Waals surface area contributed by atoms with Crippen LogP contribution in [0.5, 0.6) is 0 Å². The maximum absolute atomic E-state index is 12.9. The lowest BCUT2D eigenvalue weighted by molar-refractivity contribution is -0.394. The van der Waals surface area contributed by atoms with Gasteiger partial charge in [0, 0.05) is 29.0 Å². The molecule has 0 spiro atoms. The molecule has 3 aromatic rings. The Kier molecular flexibility index (Phi) is 6.71. The van der Waals surface area contributed by atoms with Gasteiger partial charge in [0.05, 0.1) is 28.9 Å². The van der Waals surface area contributed by atoms with Crippen molar-refractivity contribution >= 4 is 35.1 Å². The number of pyridine rings is 1. The minimum absolute atomic E-state index is 0.0152. The molecule has 2 aromatic heterocycles. The molecular formula is C19H17Cl2N5O5. The number of hydrogen-bond acceptors (Lipinski definition) is 7. The first-order valence-electron chi connectivity index (χ1n) is 9.19. The predicted octanol–water partition coefficient (Wildman–Crippen LogP) is 3.57. The quantitative estimate of drug-likeness (QED) is 0.296. The zero-order valence-electron chi connectivity index (χ0n) is 16.5. The lowest BCUT2D eigenvalue weighted by Gasteiger charge is -2.20. The molecule has 3 rings (SSSR count). The molecule has 10 nitrogen and oxygen atoms in total. The summed E-state index contributed by atoms with van der Waals surface area (Å²) in [5.41, 5.74) is 0.546.